The van der Waals surface area contributed by atoms with Gasteiger partial charge >= 0.3 is 12.0 Å². The Bertz CT molecular complexity index is 607. The van der Waals surface area contributed by atoms with E-state index in [0.29, 0.717) is 45.9 Å². The maximum absolute atomic E-state index is 12.2. The van der Waals surface area contributed by atoms with Crippen molar-refractivity contribution in [3.05, 3.63) is 23.8 Å². The van der Waals surface area contributed by atoms with Gasteiger partial charge in [-0.15, -0.1) is 0 Å². The highest BCUT2D eigenvalue weighted by Crippen LogP contribution is 2.31. The largest absolute Gasteiger partial charge is 0.461 e. The monoisotopic (exact) mass is 408 g/mol. The maximum atomic E-state index is 12.2. The van der Waals surface area contributed by atoms with E-state index in [9.17, 15) is 9.59 Å². The number of unbranched alkanes of at least 4 members (excludes halogenated alkanes) is 3. The molecule has 7 nitrogen and oxygen atoms in total. The fourth-order valence-electron chi connectivity index (χ4n) is 3.90. The van der Waals surface area contributed by atoms with Crippen LogP contribution in [-0.4, -0.2) is 62.1 Å². The van der Waals surface area contributed by atoms with Crippen LogP contribution < -0.4 is 5.32 Å². The molecule has 3 rings (SSSR count). The van der Waals surface area contributed by atoms with Crippen LogP contribution in [0.2, 0.25) is 0 Å². The second-order valence-electron chi connectivity index (χ2n) is 7.91. The van der Waals surface area contributed by atoms with Crippen LogP contribution in [0.15, 0.2) is 23.8 Å². The molecule has 7 heteroatoms. The Morgan fingerprint density at radius 1 is 1.10 bits per heavy atom. The Kier molecular flexibility index (Phi) is 8.55. The highest BCUT2D eigenvalue weighted by atomic mass is 16.7. The molecule has 0 atom stereocenters. The van der Waals surface area contributed by atoms with E-state index in [0.717, 1.165) is 56.9 Å². The average molecular weight is 409 g/mol. The Morgan fingerprint density at radius 2 is 1.86 bits per heavy atom. The summed E-state index contributed by atoms with van der Waals surface area (Å²) in [4.78, 5) is 25.9. The Hall–Kier alpha value is -1.86. The highest BCUT2D eigenvalue weighted by Gasteiger charge is 2.40. The first-order chi connectivity index (χ1) is 14.2. The third kappa shape index (κ3) is 7.16. The van der Waals surface area contributed by atoms with Crippen molar-refractivity contribution in [2.45, 2.75) is 63.6 Å². The smallest absolute Gasteiger partial charge is 0.317 e. The van der Waals surface area contributed by atoms with Gasteiger partial charge in [0.25, 0.3) is 0 Å². The van der Waals surface area contributed by atoms with E-state index >= 15 is 0 Å². The second-order valence-corrected chi connectivity index (χ2v) is 7.91. The van der Waals surface area contributed by atoms with E-state index in [1.54, 1.807) is 0 Å². The molecule has 1 aliphatic carbocycles. The normalized spacial score (nSPS) is 20.6. The van der Waals surface area contributed by atoms with E-state index in [1.807, 2.05) is 11.0 Å². The number of nitrogens with zero attached hydrogens (tertiary/aromatic N) is 1. The summed E-state index contributed by atoms with van der Waals surface area (Å²) >= 11 is 0. The fourth-order valence-corrected chi connectivity index (χ4v) is 3.90. The van der Waals surface area contributed by atoms with Crippen LogP contribution >= 0.6 is 0 Å². The lowest BCUT2D eigenvalue weighted by Crippen LogP contribution is -2.50. The highest BCUT2D eigenvalue weighted by molar-refractivity contribution is 5.74. The molecule has 2 aliphatic heterocycles. The Morgan fingerprint density at radius 3 is 2.59 bits per heavy atom. The van der Waals surface area contributed by atoms with Crippen LogP contribution in [0.3, 0.4) is 0 Å². The van der Waals surface area contributed by atoms with Crippen LogP contribution in [0.5, 0.6) is 0 Å². The summed E-state index contributed by atoms with van der Waals surface area (Å²) in [5.74, 6) is -0.571. The molecule has 0 unspecified atom stereocenters. The third-order valence-electron chi connectivity index (χ3n) is 5.68. The first kappa shape index (κ1) is 21.8. The summed E-state index contributed by atoms with van der Waals surface area (Å²) in [6.07, 6.45) is 14.0. The Labute approximate surface area is 174 Å². The second kappa shape index (κ2) is 11.4. The van der Waals surface area contributed by atoms with Crippen LogP contribution in [0.25, 0.3) is 0 Å². The number of ether oxygens (including phenoxy) is 3. The van der Waals surface area contributed by atoms with Crippen molar-refractivity contribution in [2.24, 2.45) is 0 Å². The van der Waals surface area contributed by atoms with Crippen molar-refractivity contribution in [3.8, 4) is 0 Å². The van der Waals surface area contributed by atoms with Gasteiger partial charge in [-0.1, -0.05) is 31.1 Å². The van der Waals surface area contributed by atoms with Crippen molar-refractivity contribution in [1.82, 2.24) is 10.2 Å². The molecule has 0 saturated carbocycles. The quantitative estimate of drug-likeness (QED) is 0.466. The van der Waals surface area contributed by atoms with Gasteiger partial charge in [0.15, 0.2) is 5.79 Å². The van der Waals surface area contributed by atoms with Crippen molar-refractivity contribution in [3.63, 3.8) is 0 Å². The molecule has 0 radical (unpaired) electrons. The topological polar surface area (TPSA) is 77.1 Å². The summed E-state index contributed by atoms with van der Waals surface area (Å²) in [7, 11) is 0. The van der Waals surface area contributed by atoms with Crippen molar-refractivity contribution < 1.29 is 25.2 Å². The van der Waals surface area contributed by atoms with Gasteiger partial charge in [-0.05, 0) is 31.3 Å². The molecule has 0 aromatic heterocycles. The molecule has 2 fully saturated rings. The molecule has 2 saturated heterocycles. The number of amides is 2. The Balaban J connectivity index is 0.00000320. The van der Waals surface area contributed by atoms with E-state index in [2.05, 4.69) is 17.5 Å². The van der Waals surface area contributed by atoms with Crippen LogP contribution in [-0.2, 0) is 19.0 Å². The molecule has 2 heterocycles. The zero-order valence-corrected chi connectivity index (χ0v) is 17.3. The molecule has 0 aromatic carbocycles. The number of esters is 1. The van der Waals surface area contributed by atoms with Gasteiger partial charge in [-0.3, -0.25) is 4.79 Å². The van der Waals surface area contributed by atoms with E-state index < -0.39 is 5.79 Å². The number of carbonyl (C=O) groups excluding carboxylic acids is 2. The summed E-state index contributed by atoms with van der Waals surface area (Å²) in [5, 5.41) is 2.99. The molecule has 3 aliphatic rings. The standard InChI is InChI=1S/C22H34N2O5.H2/c25-20(27-18-19-8-4-3-5-9-19)10-6-1-2-7-13-23-21(26)24-14-11-22(12-15-24)28-16-17-29-22;/h4,8-9H,1-3,5-7,10-18H2,(H,23,26);1H. The molecule has 1 spiro atoms. The molecule has 29 heavy (non-hydrogen) atoms. The van der Waals surface area contributed by atoms with Gasteiger partial charge in [0, 0.05) is 40.3 Å². The maximum Gasteiger partial charge on any atom is 0.317 e. The molecule has 0 bridgehead atoms. The summed E-state index contributed by atoms with van der Waals surface area (Å²) in [6.45, 7) is 3.69. The molecule has 2 amide bonds. The minimum absolute atomic E-state index is 0. The zero-order valence-electron chi connectivity index (χ0n) is 17.3. The summed E-state index contributed by atoms with van der Waals surface area (Å²) < 4.78 is 16.7. The van der Waals surface area contributed by atoms with Gasteiger partial charge < -0.3 is 24.4 Å². The first-order valence-electron chi connectivity index (χ1n) is 11.0. The SMILES string of the molecule is O=C(CCCCCCNC(=O)N1CCC2(CC1)OCCO2)OCC1=CCCC=C1.[HH]. The lowest BCUT2D eigenvalue weighted by Gasteiger charge is -2.37. The van der Waals surface area contributed by atoms with Crippen molar-refractivity contribution in [1.29, 1.82) is 0 Å². The third-order valence-corrected chi connectivity index (χ3v) is 5.68. The van der Waals surface area contributed by atoms with Crippen molar-refractivity contribution in [2.75, 3.05) is 39.5 Å². The predicted molar refractivity (Wildman–Crippen MR) is 111 cm³/mol. The zero-order chi connectivity index (χ0) is 20.4. The number of allylic oxidation sites excluding steroid dienone is 2. The number of carbonyl (C=O) groups is 2. The van der Waals surface area contributed by atoms with Crippen LogP contribution in [0.1, 0.15) is 59.2 Å². The molecule has 0 aromatic rings. The number of hydrogen-bond donors (Lipinski definition) is 1. The lowest BCUT2D eigenvalue weighted by molar-refractivity contribution is -0.181. The molecular formula is C22H36N2O5. The van der Waals surface area contributed by atoms with E-state index in [4.69, 9.17) is 14.2 Å². The molecule has 164 valence electrons. The van der Waals surface area contributed by atoms with Gasteiger partial charge in [-0.2, -0.15) is 0 Å². The van der Waals surface area contributed by atoms with Gasteiger partial charge in [-0.25, -0.2) is 4.79 Å². The van der Waals surface area contributed by atoms with E-state index in [-0.39, 0.29) is 13.4 Å². The van der Waals surface area contributed by atoms with Gasteiger partial charge in [0.05, 0.1) is 13.2 Å². The molecule has 1 N–H and O–H groups in total. The first-order valence-corrected chi connectivity index (χ1v) is 11.0. The number of hydrogen-bond acceptors (Lipinski definition) is 5. The number of urea groups is 1. The summed E-state index contributed by atoms with van der Waals surface area (Å²) in [6, 6.07) is -0.00695. The lowest BCUT2D eigenvalue weighted by atomic mass is 10.0. The minimum atomic E-state index is -0.442. The number of rotatable bonds is 9. The average Bonchev–Trinajstić information content (AvgIpc) is 3.20. The number of piperidine rings is 1. The minimum Gasteiger partial charge on any atom is -0.461 e. The van der Waals surface area contributed by atoms with Gasteiger partial charge in [0.1, 0.15) is 6.61 Å². The van der Waals surface area contributed by atoms with Crippen molar-refractivity contribution >= 4 is 12.0 Å². The molecular weight excluding hydrogens is 372 g/mol. The van der Waals surface area contributed by atoms with Crippen LogP contribution in [0, 0.1) is 0 Å². The summed E-state index contributed by atoms with van der Waals surface area (Å²) in [5.41, 5.74) is 1.09. The predicted octanol–water partition coefficient (Wildman–Crippen LogP) is 3.55. The fraction of sp³-hybridized carbons (Fsp3) is 0.727. The van der Waals surface area contributed by atoms with E-state index in [1.165, 1.54) is 0 Å². The van der Waals surface area contributed by atoms with Crippen LogP contribution in [0.4, 0.5) is 4.79 Å². The number of likely N-dealkylation sites (tertiary alicyclic amines) is 1. The van der Waals surface area contributed by atoms with Gasteiger partial charge in [0.2, 0.25) is 0 Å². The number of nitrogens with one attached hydrogen (secondary N) is 1.